The molecule has 4 N–H and O–H groups in total. The average Bonchev–Trinajstić information content (AvgIpc) is 2.25. The molecule has 0 bridgehead atoms. The van der Waals surface area contributed by atoms with E-state index in [4.69, 9.17) is 10.9 Å². The van der Waals surface area contributed by atoms with E-state index >= 15 is 0 Å². The Morgan fingerprint density at radius 1 is 1.37 bits per heavy atom. The molecule has 1 amide bonds. The third-order valence-corrected chi connectivity index (χ3v) is 5.86. The second-order valence-electron chi connectivity index (χ2n) is 5.35. The number of oxime groups is 1. The summed E-state index contributed by atoms with van der Waals surface area (Å²) >= 11 is 0. The maximum atomic E-state index is 12.2. The molecule has 0 aromatic rings. The summed E-state index contributed by atoms with van der Waals surface area (Å²) in [5.41, 5.74) is 4.65. The van der Waals surface area contributed by atoms with Gasteiger partial charge in [0.1, 0.15) is 5.41 Å². The highest BCUT2D eigenvalue weighted by molar-refractivity contribution is 7.91. The zero-order valence-corrected chi connectivity index (χ0v) is 11.4. The minimum Gasteiger partial charge on any atom is -0.409 e. The quantitative estimate of drug-likeness (QED) is 0.282. The van der Waals surface area contributed by atoms with E-state index in [2.05, 4.69) is 10.5 Å². The van der Waals surface area contributed by atoms with Crippen LogP contribution in [0.25, 0.3) is 0 Å². The van der Waals surface area contributed by atoms with E-state index < -0.39 is 15.3 Å². The van der Waals surface area contributed by atoms with Gasteiger partial charge in [0.2, 0.25) is 5.91 Å². The van der Waals surface area contributed by atoms with Gasteiger partial charge in [-0.1, -0.05) is 11.6 Å². The number of nitrogens with one attached hydrogen (secondary N) is 1. The Morgan fingerprint density at radius 2 is 2.05 bits per heavy atom. The number of nitrogens with two attached hydrogens (primary N) is 1. The normalized spacial score (nSPS) is 29.3. The summed E-state index contributed by atoms with van der Waals surface area (Å²) < 4.78 is 23.1. The monoisotopic (exact) mass is 289 g/mol. The van der Waals surface area contributed by atoms with E-state index in [0.29, 0.717) is 25.7 Å². The first-order chi connectivity index (χ1) is 8.89. The number of hydrogen-bond donors (Lipinski definition) is 3. The number of hydrogen-bond acceptors (Lipinski definition) is 5. The Balaban J connectivity index is 2.05. The Hall–Kier alpha value is -1.31. The Kier molecular flexibility index (Phi) is 3.71. The van der Waals surface area contributed by atoms with Crippen molar-refractivity contribution >= 4 is 21.6 Å². The summed E-state index contributed by atoms with van der Waals surface area (Å²) in [4.78, 5) is 12.2. The zero-order chi connectivity index (χ0) is 14.1. The van der Waals surface area contributed by atoms with Gasteiger partial charge in [0.25, 0.3) is 0 Å². The smallest absolute Gasteiger partial charge is 0.234 e. The van der Waals surface area contributed by atoms with Crippen LogP contribution in [0.15, 0.2) is 5.16 Å². The van der Waals surface area contributed by atoms with Crippen LogP contribution in [0.4, 0.5) is 0 Å². The highest BCUT2D eigenvalue weighted by atomic mass is 32.2. The maximum Gasteiger partial charge on any atom is 0.234 e. The molecular weight excluding hydrogens is 270 g/mol. The van der Waals surface area contributed by atoms with Crippen molar-refractivity contribution in [1.29, 1.82) is 0 Å². The SMILES string of the molecule is NC(=NO)C1(C(=O)NC2CCCS(=O)(=O)C2)CCC1. The van der Waals surface area contributed by atoms with Gasteiger partial charge in [0, 0.05) is 6.04 Å². The molecule has 1 aliphatic heterocycles. The molecule has 2 rings (SSSR count). The minimum absolute atomic E-state index is 0.0228. The van der Waals surface area contributed by atoms with Crippen LogP contribution < -0.4 is 11.1 Å². The van der Waals surface area contributed by atoms with Crippen molar-refractivity contribution in [2.45, 2.75) is 38.1 Å². The number of nitrogens with zero attached hydrogens (tertiary/aromatic N) is 1. The van der Waals surface area contributed by atoms with Crippen LogP contribution in [0, 0.1) is 5.41 Å². The fourth-order valence-electron chi connectivity index (χ4n) is 2.69. The molecule has 0 aromatic heterocycles. The first-order valence-corrected chi connectivity index (χ1v) is 8.21. The van der Waals surface area contributed by atoms with Crippen molar-refractivity contribution in [3.63, 3.8) is 0 Å². The number of amides is 1. The molecule has 108 valence electrons. The van der Waals surface area contributed by atoms with Crippen LogP contribution in [0.2, 0.25) is 0 Å². The van der Waals surface area contributed by atoms with Gasteiger partial charge in [-0.05, 0) is 25.7 Å². The molecular formula is C11H19N3O4S. The van der Waals surface area contributed by atoms with Crippen LogP contribution in [0.5, 0.6) is 0 Å². The molecule has 7 nitrogen and oxygen atoms in total. The van der Waals surface area contributed by atoms with E-state index in [1.165, 1.54) is 0 Å². The van der Waals surface area contributed by atoms with Crippen molar-refractivity contribution in [3.8, 4) is 0 Å². The van der Waals surface area contributed by atoms with E-state index in [1.54, 1.807) is 0 Å². The lowest BCUT2D eigenvalue weighted by Crippen LogP contribution is -2.57. The maximum absolute atomic E-state index is 12.2. The van der Waals surface area contributed by atoms with Gasteiger partial charge in [0.15, 0.2) is 15.7 Å². The molecule has 0 radical (unpaired) electrons. The van der Waals surface area contributed by atoms with E-state index in [-0.39, 0.29) is 29.3 Å². The molecule has 1 heterocycles. The van der Waals surface area contributed by atoms with Crippen LogP contribution in [-0.2, 0) is 14.6 Å². The summed E-state index contributed by atoms with van der Waals surface area (Å²) in [6.45, 7) is 0. The van der Waals surface area contributed by atoms with Gasteiger partial charge < -0.3 is 16.3 Å². The van der Waals surface area contributed by atoms with Gasteiger partial charge in [0.05, 0.1) is 11.5 Å². The van der Waals surface area contributed by atoms with E-state index in [1.807, 2.05) is 0 Å². The second-order valence-corrected chi connectivity index (χ2v) is 7.58. The summed E-state index contributed by atoms with van der Waals surface area (Å²) in [5.74, 6) is -0.249. The molecule has 19 heavy (non-hydrogen) atoms. The summed E-state index contributed by atoms with van der Waals surface area (Å²) in [6, 6.07) is -0.366. The lowest BCUT2D eigenvalue weighted by Gasteiger charge is -2.40. The van der Waals surface area contributed by atoms with Gasteiger partial charge in [-0.15, -0.1) is 0 Å². The topological polar surface area (TPSA) is 122 Å². The molecule has 0 aromatic carbocycles. The number of rotatable bonds is 3. The van der Waals surface area contributed by atoms with Crippen LogP contribution in [-0.4, -0.2) is 42.9 Å². The van der Waals surface area contributed by atoms with Crippen LogP contribution in [0.3, 0.4) is 0 Å². The Morgan fingerprint density at radius 3 is 2.53 bits per heavy atom. The predicted octanol–water partition coefficient (Wildman–Crippen LogP) is -0.404. The molecule has 2 aliphatic rings. The predicted molar refractivity (Wildman–Crippen MR) is 69.5 cm³/mol. The summed E-state index contributed by atoms with van der Waals surface area (Å²) in [6.07, 6.45) is 3.12. The van der Waals surface area contributed by atoms with Crippen LogP contribution >= 0.6 is 0 Å². The first kappa shape index (κ1) is 14.1. The van der Waals surface area contributed by atoms with Crippen molar-refractivity contribution in [1.82, 2.24) is 5.32 Å². The lowest BCUT2D eigenvalue weighted by atomic mass is 9.67. The molecule has 8 heteroatoms. The fourth-order valence-corrected chi connectivity index (χ4v) is 4.32. The first-order valence-electron chi connectivity index (χ1n) is 6.39. The third-order valence-electron chi connectivity index (χ3n) is 4.04. The average molecular weight is 289 g/mol. The fraction of sp³-hybridized carbons (Fsp3) is 0.818. The highest BCUT2D eigenvalue weighted by Gasteiger charge is 2.49. The Labute approximate surface area is 112 Å². The highest BCUT2D eigenvalue weighted by Crippen LogP contribution is 2.41. The largest absolute Gasteiger partial charge is 0.409 e. The van der Waals surface area contributed by atoms with E-state index in [0.717, 1.165) is 6.42 Å². The second kappa shape index (κ2) is 4.99. The Bertz CT molecular complexity index is 496. The summed E-state index contributed by atoms with van der Waals surface area (Å²) in [7, 11) is -3.06. The number of carbonyl (C=O) groups excluding carboxylic acids is 1. The molecule has 1 atom stereocenters. The number of carbonyl (C=O) groups is 1. The van der Waals surface area contributed by atoms with Crippen molar-refractivity contribution < 1.29 is 18.4 Å². The van der Waals surface area contributed by atoms with Crippen LogP contribution in [0.1, 0.15) is 32.1 Å². The van der Waals surface area contributed by atoms with Gasteiger partial charge >= 0.3 is 0 Å². The van der Waals surface area contributed by atoms with Crippen molar-refractivity contribution in [2.75, 3.05) is 11.5 Å². The van der Waals surface area contributed by atoms with Crippen molar-refractivity contribution in [2.24, 2.45) is 16.3 Å². The zero-order valence-electron chi connectivity index (χ0n) is 10.6. The molecule has 1 saturated heterocycles. The molecule has 1 saturated carbocycles. The van der Waals surface area contributed by atoms with Gasteiger partial charge in [-0.25, -0.2) is 8.42 Å². The third kappa shape index (κ3) is 2.68. The van der Waals surface area contributed by atoms with Gasteiger partial charge in [-0.3, -0.25) is 4.79 Å². The number of sulfone groups is 1. The summed E-state index contributed by atoms with van der Waals surface area (Å²) in [5, 5.41) is 14.4. The van der Waals surface area contributed by atoms with Crippen molar-refractivity contribution in [3.05, 3.63) is 0 Å². The molecule has 1 unspecified atom stereocenters. The standard InChI is InChI=1S/C11H19N3O4S/c12-9(14-16)11(4-2-5-11)10(15)13-8-3-1-6-19(17,18)7-8/h8,16H,1-7H2,(H2,12,14)(H,13,15). The molecule has 0 spiro atoms. The number of amidine groups is 1. The lowest BCUT2D eigenvalue weighted by molar-refractivity contribution is -0.131. The molecule has 1 aliphatic carbocycles. The molecule has 2 fully saturated rings. The minimum atomic E-state index is -3.06. The van der Waals surface area contributed by atoms with Gasteiger partial charge in [-0.2, -0.15) is 0 Å². The van der Waals surface area contributed by atoms with E-state index in [9.17, 15) is 13.2 Å².